The summed E-state index contributed by atoms with van der Waals surface area (Å²) >= 11 is 12.3. The summed E-state index contributed by atoms with van der Waals surface area (Å²) < 4.78 is 0. The third-order valence-electron chi connectivity index (χ3n) is 4.85. The van der Waals surface area contributed by atoms with E-state index in [2.05, 4.69) is 15.3 Å². The van der Waals surface area contributed by atoms with Gasteiger partial charge >= 0.3 is 0 Å². The number of nitrogens with one attached hydrogen (secondary N) is 1. The van der Waals surface area contributed by atoms with E-state index in [1.807, 2.05) is 43.0 Å². The Morgan fingerprint density at radius 2 is 2.07 bits per heavy atom. The maximum Gasteiger partial charge on any atom is 0.249 e. The highest BCUT2D eigenvalue weighted by Gasteiger charge is 2.34. The smallest absolute Gasteiger partial charge is 0.249 e. The summed E-state index contributed by atoms with van der Waals surface area (Å²) in [7, 11) is 0. The van der Waals surface area contributed by atoms with Gasteiger partial charge in [-0.05, 0) is 56.2 Å². The Morgan fingerprint density at radius 3 is 2.89 bits per heavy atom. The molecule has 5 nitrogen and oxygen atoms in total. The van der Waals surface area contributed by atoms with Gasteiger partial charge in [0.25, 0.3) is 0 Å². The molecular weight excluding hydrogens is 383 g/mol. The van der Waals surface area contributed by atoms with Crippen LogP contribution in [0.2, 0.25) is 10.0 Å². The maximum atomic E-state index is 13.2. The zero-order chi connectivity index (χ0) is 19.1. The van der Waals surface area contributed by atoms with Crippen molar-refractivity contribution in [3.63, 3.8) is 0 Å². The van der Waals surface area contributed by atoms with Crippen molar-refractivity contribution >= 4 is 51.5 Å². The average Bonchev–Trinajstić information content (AvgIpc) is 2.98. The van der Waals surface area contributed by atoms with E-state index in [-0.39, 0.29) is 11.9 Å². The number of amides is 1. The summed E-state index contributed by atoms with van der Waals surface area (Å²) in [6, 6.07) is 10.7. The zero-order valence-electron chi connectivity index (χ0n) is 14.9. The molecule has 1 aliphatic heterocycles. The number of rotatable bonds is 3. The van der Waals surface area contributed by atoms with Crippen molar-refractivity contribution in [3.8, 4) is 0 Å². The number of nitrogens with zero attached hydrogens (tertiary/aromatic N) is 3. The van der Waals surface area contributed by atoms with Gasteiger partial charge in [-0.25, -0.2) is 9.97 Å². The summed E-state index contributed by atoms with van der Waals surface area (Å²) in [5, 5.41) is 5.36. The van der Waals surface area contributed by atoms with Crippen LogP contribution in [-0.2, 0) is 11.2 Å². The van der Waals surface area contributed by atoms with Crippen LogP contribution in [0.4, 0.5) is 11.5 Å². The van der Waals surface area contributed by atoms with E-state index in [1.165, 1.54) is 6.33 Å². The number of hydrogen-bond donors (Lipinski definition) is 1. The molecule has 1 amide bonds. The molecule has 3 aromatic rings. The largest absolute Gasteiger partial charge is 0.358 e. The summed E-state index contributed by atoms with van der Waals surface area (Å²) in [6.45, 7) is 3.87. The molecule has 1 N–H and O–H groups in total. The van der Waals surface area contributed by atoms with Crippen molar-refractivity contribution in [2.75, 3.05) is 10.2 Å². The van der Waals surface area contributed by atoms with Crippen LogP contribution in [0, 0.1) is 0 Å². The number of carbonyl (C=O) groups is 1. The third-order valence-corrected chi connectivity index (χ3v) is 5.44. The van der Waals surface area contributed by atoms with E-state index in [1.54, 1.807) is 12.1 Å². The van der Waals surface area contributed by atoms with Crippen LogP contribution in [0.5, 0.6) is 0 Å². The lowest BCUT2D eigenvalue weighted by atomic mass is 10.1. The first-order valence-electron chi connectivity index (χ1n) is 8.73. The number of fused-ring (bicyclic) bond motifs is 2. The van der Waals surface area contributed by atoms with E-state index in [0.717, 1.165) is 28.6 Å². The highest BCUT2D eigenvalue weighted by molar-refractivity contribution is 6.32. The Kier molecular flexibility index (Phi) is 4.66. The second-order valence-electron chi connectivity index (χ2n) is 6.75. The van der Waals surface area contributed by atoms with E-state index >= 15 is 0 Å². The minimum Gasteiger partial charge on any atom is -0.358 e. The molecule has 2 heterocycles. The lowest BCUT2D eigenvalue weighted by molar-refractivity contribution is -0.119. The normalized spacial score (nSPS) is 17.0. The molecule has 1 aromatic heterocycles. The fourth-order valence-corrected chi connectivity index (χ4v) is 3.97. The summed E-state index contributed by atoms with van der Waals surface area (Å²) in [5.41, 5.74) is 2.63. The van der Waals surface area contributed by atoms with Gasteiger partial charge in [0.2, 0.25) is 5.91 Å². The number of aromatic nitrogens is 2. The molecule has 2 atom stereocenters. The van der Waals surface area contributed by atoms with Crippen LogP contribution in [0.25, 0.3) is 10.9 Å². The second kappa shape index (κ2) is 6.98. The molecule has 0 bridgehead atoms. The first kappa shape index (κ1) is 18.0. The van der Waals surface area contributed by atoms with E-state index < -0.39 is 6.04 Å². The average molecular weight is 401 g/mol. The Hall–Kier alpha value is -2.37. The second-order valence-corrected chi connectivity index (χ2v) is 7.59. The molecule has 0 saturated carbocycles. The van der Waals surface area contributed by atoms with Crippen LogP contribution in [0.1, 0.15) is 19.4 Å². The van der Waals surface area contributed by atoms with Gasteiger partial charge in [0, 0.05) is 27.2 Å². The number of benzene rings is 2. The van der Waals surface area contributed by atoms with Crippen molar-refractivity contribution in [1.29, 1.82) is 0 Å². The molecule has 4 rings (SSSR count). The van der Waals surface area contributed by atoms with E-state index in [4.69, 9.17) is 23.2 Å². The Balaban J connectivity index is 1.62. The lowest BCUT2D eigenvalue weighted by Gasteiger charge is -2.27. The number of halogens is 2. The van der Waals surface area contributed by atoms with Crippen molar-refractivity contribution in [1.82, 2.24) is 9.97 Å². The van der Waals surface area contributed by atoms with Gasteiger partial charge in [0.1, 0.15) is 18.2 Å². The molecule has 0 spiro atoms. The maximum absolute atomic E-state index is 13.2. The van der Waals surface area contributed by atoms with Gasteiger partial charge < -0.3 is 10.2 Å². The van der Waals surface area contributed by atoms with Gasteiger partial charge in [-0.2, -0.15) is 0 Å². The van der Waals surface area contributed by atoms with Crippen molar-refractivity contribution in [3.05, 3.63) is 58.3 Å². The van der Waals surface area contributed by atoms with E-state index in [0.29, 0.717) is 15.9 Å². The summed E-state index contributed by atoms with van der Waals surface area (Å²) in [5.74, 6) is 0.583. The third kappa shape index (κ3) is 3.22. The fourth-order valence-electron chi connectivity index (χ4n) is 3.56. The molecule has 27 heavy (non-hydrogen) atoms. The highest BCUT2D eigenvalue weighted by Crippen LogP contribution is 2.37. The minimum atomic E-state index is -0.467. The summed E-state index contributed by atoms with van der Waals surface area (Å²) in [4.78, 5) is 23.5. The molecule has 2 aromatic carbocycles. The van der Waals surface area contributed by atoms with E-state index in [9.17, 15) is 4.79 Å². The van der Waals surface area contributed by atoms with Crippen LogP contribution >= 0.6 is 23.2 Å². The number of anilines is 2. The predicted octanol–water partition coefficient (Wildman–Crippen LogP) is 4.71. The Labute approximate surface area is 167 Å². The minimum absolute atomic E-state index is 0.0238. The van der Waals surface area contributed by atoms with Gasteiger partial charge in [-0.15, -0.1) is 0 Å². The zero-order valence-corrected chi connectivity index (χ0v) is 16.4. The molecular formula is C20H18Cl2N4O. The van der Waals surface area contributed by atoms with Crippen LogP contribution in [0.15, 0.2) is 42.7 Å². The molecule has 7 heteroatoms. The van der Waals surface area contributed by atoms with Crippen LogP contribution in [0.3, 0.4) is 0 Å². The fraction of sp³-hybridized carbons (Fsp3) is 0.250. The van der Waals surface area contributed by atoms with Gasteiger partial charge in [-0.3, -0.25) is 4.79 Å². The molecule has 1 aliphatic rings. The number of carbonyl (C=O) groups excluding carboxylic acids is 1. The SMILES string of the molecule is C[C@@H](Nc1ncnc2cc(Cl)ccc12)C(=O)N1c2cccc(Cl)c2C[C@@H]1C. The molecule has 0 radical (unpaired) electrons. The topological polar surface area (TPSA) is 58.1 Å². The van der Waals surface area contributed by atoms with Crippen molar-refractivity contribution in [2.24, 2.45) is 0 Å². The predicted molar refractivity (Wildman–Crippen MR) is 110 cm³/mol. The lowest BCUT2D eigenvalue weighted by Crippen LogP contribution is -2.44. The quantitative estimate of drug-likeness (QED) is 0.690. The van der Waals surface area contributed by atoms with Gasteiger partial charge in [-0.1, -0.05) is 29.3 Å². The molecule has 0 unspecified atom stereocenters. The molecule has 0 saturated heterocycles. The first-order chi connectivity index (χ1) is 13.0. The monoisotopic (exact) mass is 400 g/mol. The van der Waals surface area contributed by atoms with Gasteiger partial charge in [0.15, 0.2) is 0 Å². The first-order valence-corrected chi connectivity index (χ1v) is 9.48. The molecule has 0 fully saturated rings. The van der Waals surface area contributed by atoms with Gasteiger partial charge in [0.05, 0.1) is 5.52 Å². The van der Waals surface area contributed by atoms with Crippen LogP contribution in [-0.4, -0.2) is 28.0 Å². The molecule has 0 aliphatic carbocycles. The van der Waals surface area contributed by atoms with Crippen LogP contribution < -0.4 is 10.2 Å². The summed E-state index contributed by atoms with van der Waals surface area (Å²) in [6.07, 6.45) is 2.22. The van der Waals surface area contributed by atoms with Crippen molar-refractivity contribution in [2.45, 2.75) is 32.4 Å². The standard InChI is InChI=1S/C20H18Cl2N4O/c1-11-8-15-16(22)4-3-5-18(15)26(11)20(27)12(2)25-19-14-7-6-13(21)9-17(14)23-10-24-19/h3-7,9-12H,8H2,1-2H3,(H,23,24,25)/t11-,12+/m0/s1. The number of hydrogen-bond acceptors (Lipinski definition) is 4. The Bertz CT molecular complexity index is 1040. The Morgan fingerprint density at radius 1 is 1.26 bits per heavy atom. The highest BCUT2D eigenvalue weighted by atomic mass is 35.5. The molecule has 138 valence electrons. The van der Waals surface area contributed by atoms with Crippen molar-refractivity contribution < 1.29 is 4.79 Å².